The first-order valence-electron chi connectivity index (χ1n) is 46.8. The Labute approximate surface area is 844 Å². The fourth-order valence-electron chi connectivity index (χ4n) is 10.4. The minimum absolute atomic E-state index is 0.0160. The number of thioether (sulfide) groups is 5. The second-order valence-electron chi connectivity index (χ2n) is 33.2. The summed E-state index contributed by atoms with van der Waals surface area (Å²) < 4.78 is 79.8. The van der Waals surface area contributed by atoms with Crippen molar-refractivity contribution < 1.29 is 119 Å². The largest absolute Gasteiger partial charge is 0.500 e. The van der Waals surface area contributed by atoms with Gasteiger partial charge in [-0.15, -0.1) is 0 Å². The van der Waals surface area contributed by atoms with Crippen LogP contribution in [0.2, 0.25) is 30.2 Å². The molecule has 1 heterocycles. The van der Waals surface area contributed by atoms with E-state index >= 15 is 0 Å². The number of rotatable bonds is 64. The Morgan fingerprint density at radius 2 is 0.637 bits per heavy atom. The van der Waals surface area contributed by atoms with Gasteiger partial charge in [0.25, 0.3) is 0 Å². The second kappa shape index (κ2) is 93.3. The second-order valence-corrected chi connectivity index (χ2v) is 54.4. The Kier molecular flexibility index (Phi) is 103. The van der Waals surface area contributed by atoms with Gasteiger partial charge in [0.05, 0.1) is 6.61 Å². The Hall–Kier alpha value is -3.11. The lowest BCUT2D eigenvalue weighted by atomic mass is 9.89. The Morgan fingerprint density at radius 3 is 0.807 bits per heavy atom. The summed E-state index contributed by atoms with van der Waals surface area (Å²) in [5.74, 6) is 8.69. The van der Waals surface area contributed by atoms with Gasteiger partial charge in [0.15, 0.2) is 0 Å². The van der Waals surface area contributed by atoms with Crippen LogP contribution in [0.5, 0.6) is 0 Å². The van der Waals surface area contributed by atoms with Gasteiger partial charge in [-0.05, 0) is 141 Å². The van der Waals surface area contributed by atoms with Crippen LogP contribution in [-0.2, 0) is 114 Å². The van der Waals surface area contributed by atoms with Crippen molar-refractivity contribution in [1.29, 1.82) is 0 Å². The van der Waals surface area contributed by atoms with E-state index in [2.05, 4.69) is 40.4 Å². The number of hydrogen-bond acceptors (Lipinski definition) is 31. The molecule has 0 aliphatic carbocycles. The lowest BCUT2D eigenvalue weighted by Gasteiger charge is -2.24. The zero-order chi connectivity index (χ0) is 107. The van der Waals surface area contributed by atoms with E-state index in [1.807, 2.05) is 141 Å². The van der Waals surface area contributed by atoms with E-state index in [4.69, 9.17) is 94.4 Å². The van der Waals surface area contributed by atoms with Gasteiger partial charge in [-0.2, -0.15) is 58.8 Å². The number of aliphatic hydroxyl groups excluding tert-OH is 1. The highest BCUT2D eigenvalue weighted by molar-refractivity contribution is 8.00. The van der Waals surface area contributed by atoms with Gasteiger partial charge in [0.2, 0.25) is 59.1 Å². The molecule has 9 atom stereocenters. The van der Waals surface area contributed by atoms with E-state index in [1.165, 1.54) is 6.92 Å². The van der Waals surface area contributed by atoms with Gasteiger partial charge in [-0.3, -0.25) is 47.9 Å². The fraction of sp³-hybridized carbons (Fsp3) is 0.888. The number of carbonyl (C=O) groups is 10. The number of nitrogens with one attached hydrogen (secondary N) is 5. The van der Waals surface area contributed by atoms with E-state index in [1.54, 1.807) is 161 Å². The molecule has 1 saturated heterocycles. The topological polar surface area (TPSA) is 497 Å². The SMILES string of the molecule is CCC(C)(C)C(=O)NC.CCC(C)C(=O)NC(C)C.CCC(C)C(=O)NC(C)C.CCC(C)C(=O)NCCO.CCC(C)N1CCCC1=O.CO[Si](CCCSCC(C)C(N)=O)(OC)OC.CO[Si](CCCSCC(C)C(N)=O)(OC)OC.CO[Si](CCCSCC(C)C(N)=O)(OC)OC.CO[Si](CCCSCC(C)C(N)=O)(OC)OC.CO[Si](CCCSCC(C)NC(C)=O)(OC)OC. The third kappa shape index (κ3) is 81.0. The maximum absolute atomic E-state index is 11.1. The van der Waals surface area contributed by atoms with Crippen molar-refractivity contribution in [2.75, 3.05) is 191 Å². The van der Waals surface area contributed by atoms with Gasteiger partial charge in [-0.25, -0.2) is 0 Å². The number of amides is 10. The predicted octanol–water partition coefficient (Wildman–Crippen LogP) is 11.8. The van der Waals surface area contributed by atoms with Crippen LogP contribution in [0.1, 0.15) is 222 Å². The van der Waals surface area contributed by atoms with Crippen LogP contribution in [-0.4, -0.2) is 328 Å². The van der Waals surface area contributed by atoms with Gasteiger partial charge >= 0.3 is 44.0 Å². The van der Waals surface area contributed by atoms with E-state index in [9.17, 15) is 47.9 Å². The van der Waals surface area contributed by atoms with Crippen molar-refractivity contribution in [3.8, 4) is 0 Å². The molecule has 0 aromatic heterocycles. The first kappa shape index (κ1) is 150. The molecule has 1 aliphatic rings. The molecule has 0 bridgehead atoms. The average molecular weight is 2120 g/mol. The summed E-state index contributed by atoms with van der Waals surface area (Å²) in [5.41, 5.74) is 20.5. The molecule has 808 valence electrons. The summed E-state index contributed by atoms with van der Waals surface area (Å²) in [4.78, 5) is 111. The van der Waals surface area contributed by atoms with Crippen LogP contribution < -0.4 is 49.5 Å². The van der Waals surface area contributed by atoms with E-state index in [-0.39, 0.29) is 125 Å². The molecule has 36 nitrogen and oxygen atoms in total. The summed E-state index contributed by atoms with van der Waals surface area (Å²) in [6.07, 6.45) is 11.2. The van der Waals surface area contributed by atoms with Crippen LogP contribution in [0, 0.1) is 46.8 Å². The van der Waals surface area contributed by atoms with Crippen LogP contribution in [0.4, 0.5) is 0 Å². The summed E-state index contributed by atoms with van der Waals surface area (Å²) in [6, 6.07) is 5.16. The first-order valence-corrected chi connectivity index (χ1v) is 62.2. The zero-order valence-corrected chi connectivity index (χ0v) is 99.6. The van der Waals surface area contributed by atoms with Crippen molar-refractivity contribution in [1.82, 2.24) is 31.5 Å². The molecular weight excluding hydrogens is 1930 g/mol. The quantitative estimate of drug-likeness (QED) is 0.0200. The molecular formula is C89H196N10O26S5Si5. The highest BCUT2D eigenvalue weighted by Crippen LogP contribution is 2.25. The number of nitrogens with two attached hydrogens (primary N) is 4. The third-order valence-electron chi connectivity index (χ3n) is 21.2. The lowest BCUT2D eigenvalue weighted by Crippen LogP contribution is -2.42. The number of hydrogen-bond donors (Lipinski definition) is 10. The lowest BCUT2D eigenvalue weighted by molar-refractivity contribution is -0.130. The molecule has 0 aromatic rings. The minimum Gasteiger partial charge on any atom is -0.395 e. The molecule has 9 unspecified atom stereocenters. The molecule has 0 spiro atoms. The highest BCUT2D eigenvalue weighted by Gasteiger charge is 2.41. The molecule has 46 heteroatoms. The molecule has 1 rings (SSSR count). The highest BCUT2D eigenvalue weighted by atomic mass is 32.2. The van der Waals surface area contributed by atoms with Crippen molar-refractivity contribution in [2.24, 2.45) is 69.8 Å². The number of carbonyl (C=O) groups excluding carboxylic acids is 10. The van der Waals surface area contributed by atoms with Crippen LogP contribution >= 0.6 is 58.8 Å². The van der Waals surface area contributed by atoms with E-state index in [0.29, 0.717) is 18.5 Å². The zero-order valence-electron chi connectivity index (χ0n) is 90.5. The maximum atomic E-state index is 11.1. The number of nitrogens with zero attached hydrogens (tertiary/aromatic N) is 1. The smallest absolute Gasteiger partial charge is 0.395 e. The minimum atomic E-state index is -2.42. The fourth-order valence-corrected chi connectivity index (χ4v) is 25.3. The van der Waals surface area contributed by atoms with Crippen molar-refractivity contribution in [2.45, 2.75) is 277 Å². The summed E-state index contributed by atoms with van der Waals surface area (Å²) in [7, 11) is 13.8. The Balaban J connectivity index is -0.000000188. The normalized spacial score (nSPS) is 13.9. The summed E-state index contributed by atoms with van der Waals surface area (Å²) in [5, 5.41) is 22.1. The molecule has 14 N–H and O–H groups in total. The van der Waals surface area contributed by atoms with Gasteiger partial charge in [0, 0.05) is 270 Å². The van der Waals surface area contributed by atoms with Crippen LogP contribution in [0.25, 0.3) is 0 Å². The Morgan fingerprint density at radius 1 is 0.393 bits per heavy atom. The first-order chi connectivity index (χ1) is 63.2. The van der Waals surface area contributed by atoms with Gasteiger partial charge < -0.3 is 126 Å². The van der Waals surface area contributed by atoms with E-state index in [0.717, 1.165) is 171 Å². The number of aliphatic hydroxyl groups is 1. The van der Waals surface area contributed by atoms with Crippen molar-refractivity contribution in [3.05, 3.63) is 0 Å². The Bertz CT molecular complexity index is 2690. The molecule has 0 aromatic carbocycles. The molecule has 0 saturated carbocycles. The molecule has 135 heavy (non-hydrogen) atoms. The van der Waals surface area contributed by atoms with Gasteiger partial charge in [0.1, 0.15) is 0 Å². The van der Waals surface area contributed by atoms with Gasteiger partial charge in [-0.1, -0.05) is 96.9 Å². The standard InChI is InChI=1S/C11H25NO4SSi.4C10H23NO4SSi.C8H15NO.2C8H17NO.C7H15NO2.C7H15NO/c1-10(12-11(2)13)9-17-7-6-8-18(14-3,15-4)16-5;4*1-9(10(11)12)8-16-6-5-7-17(13-2,14-3)15-4;1-3-7(2)9-6-4-5-8(9)10;2*1-5-7(4)8(10)9-6(2)3;1-3-6(2)7(10)8-4-5-9;1-5-7(2,3)6(9)8-4/h10H,6-9H2,1-5H3,(H,12,13);4*9H,5-8H2,1-4H3,(H2,11,12);7H,3-6H2,1-2H3;2*6-7H,5H2,1-4H3,(H,9,10);6,9H,3-5H2,1-2H3,(H,8,10);5H2,1-4H3,(H,8,9). The monoisotopic (exact) mass is 2120 g/mol. The summed E-state index contributed by atoms with van der Waals surface area (Å²) in [6.45, 7) is 42.0. The number of likely N-dealkylation sites (tertiary alicyclic amines) is 1. The molecule has 1 aliphatic heterocycles. The molecule has 1 fully saturated rings. The van der Waals surface area contributed by atoms with Crippen molar-refractivity contribution >= 4 is 162 Å². The average Bonchev–Trinajstić information content (AvgIpc) is 1.56. The summed E-state index contributed by atoms with van der Waals surface area (Å²) >= 11 is 8.68. The van der Waals surface area contributed by atoms with Crippen molar-refractivity contribution in [3.63, 3.8) is 0 Å². The predicted molar refractivity (Wildman–Crippen MR) is 568 cm³/mol. The maximum Gasteiger partial charge on any atom is 0.500 e. The van der Waals surface area contributed by atoms with Crippen LogP contribution in [0.15, 0.2) is 0 Å². The third-order valence-corrected chi connectivity index (χ3v) is 41.9. The molecule has 0 radical (unpaired) electrons. The number of primary amides is 4. The molecule has 10 amide bonds. The van der Waals surface area contributed by atoms with Crippen LogP contribution in [0.3, 0.4) is 0 Å². The van der Waals surface area contributed by atoms with E-state index < -0.39 is 44.0 Å².